The van der Waals surface area contributed by atoms with Crippen LogP contribution in [0.5, 0.6) is 0 Å². The molecule has 0 aliphatic carbocycles. The second kappa shape index (κ2) is 7.12. The monoisotopic (exact) mass is 318 g/mol. The van der Waals surface area contributed by atoms with Crippen LogP contribution in [0.1, 0.15) is 17.3 Å². The number of carbonyl (C=O) groups is 3. The number of rotatable bonds is 3. The lowest BCUT2D eigenvalue weighted by molar-refractivity contribution is -0.127. The van der Waals surface area contributed by atoms with Crippen molar-refractivity contribution in [1.29, 1.82) is 0 Å². The van der Waals surface area contributed by atoms with E-state index in [-0.39, 0.29) is 15.6 Å². The van der Waals surface area contributed by atoms with Crippen LogP contribution in [0.15, 0.2) is 18.2 Å². The van der Waals surface area contributed by atoms with E-state index < -0.39 is 24.0 Å². The number of benzene rings is 1. The van der Waals surface area contributed by atoms with Gasteiger partial charge in [0.1, 0.15) is 0 Å². The van der Waals surface area contributed by atoms with Crippen LogP contribution in [0.4, 0.5) is 4.79 Å². The number of urea groups is 1. The Labute approximate surface area is 125 Å². The molecule has 3 amide bonds. The molecule has 20 heavy (non-hydrogen) atoms. The number of halogens is 2. The third-order valence-corrected chi connectivity index (χ3v) is 3.11. The molecule has 1 rings (SSSR count). The van der Waals surface area contributed by atoms with Gasteiger partial charge in [0.2, 0.25) is 0 Å². The van der Waals surface area contributed by atoms with E-state index in [1.54, 1.807) is 0 Å². The predicted octanol–water partition coefficient (Wildman–Crippen LogP) is 1.99. The fraction of sp³-hybridized carbons (Fsp3) is 0.250. The lowest BCUT2D eigenvalue weighted by Gasteiger charge is -2.13. The molecule has 8 heteroatoms. The Balaban J connectivity index is 2.73. The second-order valence-corrected chi connectivity index (χ2v) is 4.50. The van der Waals surface area contributed by atoms with Gasteiger partial charge in [0.25, 0.3) is 5.91 Å². The number of nitrogens with one attached hydrogen (secondary N) is 2. The van der Waals surface area contributed by atoms with E-state index in [2.05, 4.69) is 5.32 Å². The quantitative estimate of drug-likeness (QED) is 0.835. The Morgan fingerprint density at radius 3 is 2.50 bits per heavy atom. The summed E-state index contributed by atoms with van der Waals surface area (Å²) in [6.45, 7) is 1.33. The van der Waals surface area contributed by atoms with Gasteiger partial charge in [-0.25, -0.2) is 9.59 Å². The van der Waals surface area contributed by atoms with Crippen molar-refractivity contribution in [3.05, 3.63) is 33.8 Å². The number of hydrogen-bond acceptors (Lipinski definition) is 4. The molecule has 1 atom stereocenters. The van der Waals surface area contributed by atoms with E-state index in [9.17, 15) is 14.4 Å². The summed E-state index contributed by atoms with van der Waals surface area (Å²) in [7, 11) is 1.35. The molecule has 0 bridgehead atoms. The molecular formula is C12H12Cl2N2O4. The van der Waals surface area contributed by atoms with E-state index in [0.717, 1.165) is 0 Å². The van der Waals surface area contributed by atoms with Gasteiger partial charge >= 0.3 is 12.0 Å². The zero-order valence-corrected chi connectivity index (χ0v) is 12.2. The van der Waals surface area contributed by atoms with Gasteiger partial charge in [0.15, 0.2) is 6.10 Å². The van der Waals surface area contributed by atoms with Gasteiger partial charge in [-0.1, -0.05) is 29.3 Å². The zero-order valence-electron chi connectivity index (χ0n) is 10.7. The maximum atomic E-state index is 11.8. The highest BCUT2D eigenvalue weighted by molar-refractivity contribution is 6.43. The molecular weight excluding hydrogens is 307 g/mol. The molecule has 0 saturated heterocycles. The maximum Gasteiger partial charge on any atom is 0.340 e. The first-order chi connectivity index (χ1) is 9.36. The highest BCUT2D eigenvalue weighted by Crippen LogP contribution is 2.26. The second-order valence-electron chi connectivity index (χ2n) is 3.72. The smallest absolute Gasteiger partial charge is 0.340 e. The number of amides is 3. The minimum Gasteiger partial charge on any atom is -0.449 e. The van der Waals surface area contributed by atoms with Crippen LogP contribution < -0.4 is 10.6 Å². The summed E-state index contributed by atoms with van der Waals surface area (Å²) >= 11 is 11.6. The molecule has 0 heterocycles. The summed E-state index contributed by atoms with van der Waals surface area (Å²) < 4.78 is 4.91. The molecule has 6 nitrogen and oxygen atoms in total. The minimum absolute atomic E-state index is 0.0399. The molecule has 2 N–H and O–H groups in total. The molecule has 0 spiro atoms. The van der Waals surface area contributed by atoms with Crippen LogP contribution in [0.25, 0.3) is 0 Å². The lowest BCUT2D eigenvalue weighted by atomic mass is 10.2. The number of carbonyl (C=O) groups excluding carboxylic acids is 3. The van der Waals surface area contributed by atoms with Crippen LogP contribution in [-0.2, 0) is 9.53 Å². The summed E-state index contributed by atoms with van der Waals surface area (Å²) in [6.07, 6.45) is -1.16. The average Bonchev–Trinajstić information content (AvgIpc) is 2.41. The first kappa shape index (κ1) is 16.3. The van der Waals surface area contributed by atoms with Crippen molar-refractivity contribution in [3.8, 4) is 0 Å². The summed E-state index contributed by atoms with van der Waals surface area (Å²) in [5.41, 5.74) is 0.0405. The van der Waals surface area contributed by atoms with Crippen molar-refractivity contribution < 1.29 is 19.1 Å². The molecule has 0 radical (unpaired) electrons. The van der Waals surface area contributed by atoms with Crippen molar-refractivity contribution in [2.24, 2.45) is 0 Å². The highest BCUT2D eigenvalue weighted by atomic mass is 35.5. The summed E-state index contributed by atoms with van der Waals surface area (Å²) in [5, 5.41) is 4.43. The fourth-order valence-corrected chi connectivity index (χ4v) is 1.59. The normalized spacial score (nSPS) is 11.4. The fourth-order valence-electron chi connectivity index (χ4n) is 1.22. The molecule has 0 fully saturated rings. The summed E-state index contributed by atoms with van der Waals surface area (Å²) in [4.78, 5) is 34.3. The first-order valence-corrected chi connectivity index (χ1v) is 6.30. The SMILES string of the molecule is CNC(=O)NC(=O)C(C)OC(=O)c1cccc(Cl)c1Cl. The topological polar surface area (TPSA) is 84.5 Å². The van der Waals surface area contributed by atoms with Crippen LogP contribution in [-0.4, -0.2) is 31.1 Å². The van der Waals surface area contributed by atoms with E-state index in [1.807, 2.05) is 5.32 Å². The van der Waals surface area contributed by atoms with Crippen LogP contribution in [0.3, 0.4) is 0 Å². The van der Waals surface area contributed by atoms with Crippen molar-refractivity contribution in [2.75, 3.05) is 7.05 Å². The van der Waals surface area contributed by atoms with E-state index in [1.165, 1.54) is 32.2 Å². The van der Waals surface area contributed by atoms with Gasteiger partial charge < -0.3 is 10.1 Å². The average molecular weight is 319 g/mol. The lowest BCUT2D eigenvalue weighted by Crippen LogP contribution is -2.43. The number of hydrogen-bond donors (Lipinski definition) is 2. The Hall–Kier alpha value is -1.79. The van der Waals surface area contributed by atoms with Gasteiger partial charge in [-0.05, 0) is 19.1 Å². The van der Waals surface area contributed by atoms with Crippen molar-refractivity contribution in [2.45, 2.75) is 13.0 Å². The van der Waals surface area contributed by atoms with Crippen molar-refractivity contribution in [1.82, 2.24) is 10.6 Å². The van der Waals surface area contributed by atoms with Gasteiger partial charge in [0.05, 0.1) is 15.6 Å². The van der Waals surface area contributed by atoms with E-state index in [0.29, 0.717) is 0 Å². The Kier molecular flexibility index (Phi) is 5.79. The van der Waals surface area contributed by atoms with E-state index >= 15 is 0 Å². The minimum atomic E-state index is -1.16. The molecule has 1 aromatic rings. The molecule has 1 aromatic carbocycles. The molecule has 0 aromatic heterocycles. The molecule has 108 valence electrons. The van der Waals surface area contributed by atoms with Crippen LogP contribution in [0.2, 0.25) is 10.0 Å². The molecule has 1 unspecified atom stereocenters. The number of esters is 1. The first-order valence-electron chi connectivity index (χ1n) is 5.54. The Morgan fingerprint density at radius 2 is 1.90 bits per heavy atom. The van der Waals surface area contributed by atoms with Crippen LogP contribution in [0, 0.1) is 0 Å². The van der Waals surface area contributed by atoms with Gasteiger partial charge in [0, 0.05) is 7.05 Å². The standard InChI is InChI=1S/C12H12Cl2N2O4/c1-6(10(17)16-12(19)15-2)20-11(18)7-4-3-5-8(13)9(7)14/h3-6H,1-2H3,(H2,15,16,17,19). The zero-order chi connectivity index (χ0) is 15.3. The van der Waals surface area contributed by atoms with E-state index in [4.69, 9.17) is 27.9 Å². The molecule has 0 aliphatic heterocycles. The number of imide groups is 1. The third-order valence-electron chi connectivity index (χ3n) is 2.29. The van der Waals surface area contributed by atoms with Crippen molar-refractivity contribution in [3.63, 3.8) is 0 Å². The summed E-state index contributed by atoms with van der Waals surface area (Å²) in [5.74, 6) is -1.56. The molecule has 0 saturated carbocycles. The van der Waals surface area contributed by atoms with Gasteiger partial charge in [-0.2, -0.15) is 0 Å². The number of ether oxygens (including phenoxy) is 1. The van der Waals surface area contributed by atoms with Gasteiger partial charge in [-0.15, -0.1) is 0 Å². The Bertz CT molecular complexity index is 548. The molecule has 0 aliphatic rings. The Morgan fingerprint density at radius 1 is 1.25 bits per heavy atom. The van der Waals surface area contributed by atoms with Crippen LogP contribution >= 0.6 is 23.2 Å². The van der Waals surface area contributed by atoms with Gasteiger partial charge in [-0.3, -0.25) is 10.1 Å². The largest absolute Gasteiger partial charge is 0.449 e. The summed E-state index contributed by atoms with van der Waals surface area (Å²) in [6, 6.07) is 3.77. The predicted molar refractivity (Wildman–Crippen MR) is 73.9 cm³/mol. The highest BCUT2D eigenvalue weighted by Gasteiger charge is 2.22. The van der Waals surface area contributed by atoms with Crippen molar-refractivity contribution >= 4 is 41.1 Å². The third kappa shape index (κ3) is 4.11. The maximum absolute atomic E-state index is 11.8.